The Morgan fingerprint density at radius 3 is 2.95 bits per heavy atom. The Kier molecular flexibility index (Phi) is 4.20. The molecule has 0 saturated heterocycles. The molecule has 112 valence electrons. The lowest BCUT2D eigenvalue weighted by atomic mass is 9.92. The maximum absolute atomic E-state index is 5.51. The average Bonchev–Trinajstić information content (AvgIpc) is 2.94. The van der Waals surface area contributed by atoms with Crippen molar-refractivity contribution in [2.24, 2.45) is 0 Å². The molecule has 2 unspecified atom stereocenters. The maximum atomic E-state index is 5.51. The zero-order valence-corrected chi connectivity index (χ0v) is 12.6. The molecule has 0 radical (unpaired) electrons. The van der Waals surface area contributed by atoms with Gasteiger partial charge in [-0.2, -0.15) is 0 Å². The molecule has 2 heterocycles. The molecule has 1 aliphatic carbocycles. The van der Waals surface area contributed by atoms with Gasteiger partial charge in [0.2, 0.25) is 0 Å². The van der Waals surface area contributed by atoms with E-state index in [9.17, 15) is 0 Å². The number of anilines is 1. The molecule has 5 nitrogen and oxygen atoms in total. The molecule has 0 bridgehead atoms. The Labute approximate surface area is 125 Å². The van der Waals surface area contributed by atoms with Gasteiger partial charge in [-0.15, -0.1) is 0 Å². The Morgan fingerprint density at radius 2 is 2.19 bits per heavy atom. The van der Waals surface area contributed by atoms with Crippen molar-refractivity contribution in [3.05, 3.63) is 36.5 Å². The summed E-state index contributed by atoms with van der Waals surface area (Å²) < 4.78 is 7.52. The molecule has 21 heavy (non-hydrogen) atoms. The second kappa shape index (κ2) is 6.26. The van der Waals surface area contributed by atoms with E-state index in [1.165, 1.54) is 12.8 Å². The summed E-state index contributed by atoms with van der Waals surface area (Å²) in [5.74, 6) is 1.85. The van der Waals surface area contributed by atoms with Gasteiger partial charge in [0.05, 0.1) is 11.8 Å². The second-order valence-electron chi connectivity index (χ2n) is 5.58. The summed E-state index contributed by atoms with van der Waals surface area (Å²) in [5.41, 5.74) is 1.06. The summed E-state index contributed by atoms with van der Waals surface area (Å²) in [6, 6.07) is 4.49. The number of ether oxygens (including phenoxy) is 1. The highest BCUT2D eigenvalue weighted by atomic mass is 16.5. The van der Waals surface area contributed by atoms with Gasteiger partial charge in [-0.1, -0.05) is 0 Å². The molecule has 5 heteroatoms. The van der Waals surface area contributed by atoms with Crippen LogP contribution in [0.5, 0.6) is 0 Å². The molecule has 2 aromatic heterocycles. The summed E-state index contributed by atoms with van der Waals surface area (Å²) in [7, 11) is 1.80. The number of hydrogen-bond acceptors (Lipinski definition) is 4. The molecule has 1 fully saturated rings. The van der Waals surface area contributed by atoms with Gasteiger partial charge in [0, 0.05) is 31.7 Å². The third-order valence-electron chi connectivity index (χ3n) is 4.16. The van der Waals surface area contributed by atoms with Crippen LogP contribution < -0.4 is 5.32 Å². The molecule has 1 N–H and O–H groups in total. The SMILES string of the molecule is COC1CCCC(Nc2cccnc2-n2ccnc2C)C1. The van der Waals surface area contributed by atoms with E-state index in [1.807, 2.05) is 30.0 Å². The zero-order chi connectivity index (χ0) is 14.7. The smallest absolute Gasteiger partial charge is 0.161 e. The second-order valence-corrected chi connectivity index (χ2v) is 5.58. The number of methoxy groups -OCH3 is 1. The van der Waals surface area contributed by atoms with E-state index in [4.69, 9.17) is 4.74 Å². The van der Waals surface area contributed by atoms with Crippen LogP contribution in [0.15, 0.2) is 30.7 Å². The van der Waals surface area contributed by atoms with Crippen LogP contribution in [0.2, 0.25) is 0 Å². The van der Waals surface area contributed by atoms with Crippen molar-refractivity contribution < 1.29 is 4.74 Å². The maximum Gasteiger partial charge on any atom is 0.161 e. The van der Waals surface area contributed by atoms with Gasteiger partial charge in [-0.05, 0) is 44.7 Å². The van der Waals surface area contributed by atoms with Crippen molar-refractivity contribution >= 4 is 5.69 Å². The van der Waals surface area contributed by atoms with Crippen LogP contribution in [0.1, 0.15) is 31.5 Å². The van der Waals surface area contributed by atoms with Gasteiger partial charge >= 0.3 is 0 Å². The molecule has 2 atom stereocenters. The van der Waals surface area contributed by atoms with E-state index >= 15 is 0 Å². The quantitative estimate of drug-likeness (QED) is 0.939. The van der Waals surface area contributed by atoms with E-state index in [2.05, 4.69) is 21.4 Å². The molecule has 0 spiro atoms. The lowest BCUT2D eigenvalue weighted by Gasteiger charge is -2.30. The number of aryl methyl sites for hydroxylation is 1. The number of imidazole rings is 1. The summed E-state index contributed by atoms with van der Waals surface area (Å²) in [4.78, 5) is 8.80. The first-order chi connectivity index (χ1) is 10.3. The summed E-state index contributed by atoms with van der Waals surface area (Å²) in [5, 5.41) is 3.64. The number of nitrogens with zero attached hydrogens (tertiary/aromatic N) is 3. The Hall–Kier alpha value is -1.88. The lowest BCUT2D eigenvalue weighted by molar-refractivity contribution is 0.0669. The third kappa shape index (κ3) is 3.08. The third-order valence-corrected chi connectivity index (χ3v) is 4.16. The van der Waals surface area contributed by atoms with Crippen LogP contribution in [-0.4, -0.2) is 33.8 Å². The van der Waals surface area contributed by atoms with E-state index in [0.717, 1.165) is 30.2 Å². The Bertz CT molecular complexity index is 595. The molecule has 2 aromatic rings. The number of aromatic nitrogens is 3. The largest absolute Gasteiger partial charge is 0.381 e. The molecular weight excluding hydrogens is 264 g/mol. The van der Waals surface area contributed by atoms with Gasteiger partial charge in [0.1, 0.15) is 5.82 Å². The Morgan fingerprint density at radius 1 is 1.29 bits per heavy atom. The highest BCUT2D eigenvalue weighted by molar-refractivity contribution is 5.57. The minimum Gasteiger partial charge on any atom is -0.381 e. The van der Waals surface area contributed by atoms with E-state index < -0.39 is 0 Å². The first kappa shape index (κ1) is 14.1. The highest BCUT2D eigenvalue weighted by Crippen LogP contribution is 2.26. The predicted octanol–water partition coefficient (Wildman–Crippen LogP) is 2.95. The van der Waals surface area contributed by atoms with Crippen molar-refractivity contribution in [2.45, 2.75) is 44.8 Å². The van der Waals surface area contributed by atoms with Crippen LogP contribution in [-0.2, 0) is 4.74 Å². The number of pyridine rings is 1. The summed E-state index contributed by atoms with van der Waals surface area (Å²) >= 11 is 0. The van der Waals surface area contributed by atoms with Gasteiger partial charge < -0.3 is 10.1 Å². The minimum absolute atomic E-state index is 0.367. The molecule has 0 aliphatic heterocycles. The first-order valence-corrected chi connectivity index (χ1v) is 7.52. The van der Waals surface area contributed by atoms with Gasteiger partial charge in [-0.3, -0.25) is 4.57 Å². The fourth-order valence-electron chi connectivity index (χ4n) is 3.01. The average molecular weight is 286 g/mol. The van der Waals surface area contributed by atoms with Gasteiger partial charge in [-0.25, -0.2) is 9.97 Å². The van der Waals surface area contributed by atoms with Gasteiger partial charge in [0.15, 0.2) is 5.82 Å². The summed E-state index contributed by atoms with van der Waals surface area (Å²) in [6.45, 7) is 1.99. The van der Waals surface area contributed by atoms with Crippen molar-refractivity contribution in [3.8, 4) is 5.82 Å². The van der Waals surface area contributed by atoms with Crippen molar-refractivity contribution in [3.63, 3.8) is 0 Å². The fraction of sp³-hybridized carbons (Fsp3) is 0.500. The molecule has 0 amide bonds. The number of rotatable bonds is 4. The Balaban J connectivity index is 1.81. The monoisotopic (exact) mass is 286 g/mol. The van der Waals surface area contributed by atoms with Crippen molar-refractivity contribution in [1.82, 2.24) is 14.5 Å². The van der Waals surface area contributed by atoms with Crippen LogP contribution in [0.3, 0.4) is 0 Å². The molecule has 0 aromatic carbocycles. The fourth-order valence-corrected chi connectivity index (χ4v) is 3.01. The van der Waals surface area contributed by atoms with Crippen LogP contribution in [0, 0.1) is 6.92 Å². The van der Waals surface area contributed by atoms with E-state index in [-0.39, 0.29) is 0 Å². The van der Waals surface area contributed by atoms with E-state index in [0.29, 0.717) is 12.1 Å². The van der Waals surface area contributed by atoms with Gasteiger partial charge in [0.25, 0.3) is 0 Å². The van der Waals surface area contributed by atoms with E-state index in [1.54, 1.807) is 13.3 Å². The van der Waals surface area contributed by atoms with Crippen LogP contribution >= 0.6 is 0 Å². The van der Waals surface area contributed by atoms with Crippen LogP contribution in [0.25, 0.3) is 5.82 Å². The van der Waals surface area contributed by atoms with Crippen molar-refractivity contribution in [1.29, 1.82) is 0 Å². The lowest BCUT2D eigenvalue weighted by Crippen LogP contribution is -2.31. The standard InChI is InChI=1S/C16H22N4O/c1-12-17-9-10-20(12)16-15(7-4-8-18-16)19-13-5-3-6-14(11-13)21-2/h4,7-10,13-14,19H,3,5-6,11H2,1-2H3. The molecule has 1 saturated carbocycles. The minimum atomic E-state index is 0.367. The topological polar surface area (TPSA) is 52.0 Å². The van der Waals surface area contributed by atoms with Crippen LogP contribution in [0.4, 0.5) is 5.69 Å². The molecule has 1 aliphatic rings. The normalized spacial score (nSPS) is 22.2. The predicted molar refractivity (Wildman–Crippen MR) is 82.8 cm³/mol. The molecule has 3 rings (SSSR count). The number of nitrogens with one attached hydrogen (secondary N) is 1. The highest BCUT2D eigenvalue weighted by Gasteiger charge is 2.22. The number of hydrogen-bond donors (Lipinski definition) is 1. The van der Waals surface area contributed by atoms with Crippen molar-refractivity contribution in [2.75, 3.05) is 12.4 Å². The zero-order valence-electron chi connectivity index (χ0n) is 12.6. The molecular formula is C16H22N4O. The first-order valence-electron chi connectivity index (χ1n) is 7.52. The summed E-state index contributed by atoms with van der Waals surface area (Å²) in [6.07, 6.45) is 10.5.